The van der Waals surface area contributed by atoms with Crippen molar-refractivity contribution in [3.63, 3.8) is 0 Å². The quantitative estimate of drug-likeness (QED) is 0.844. The van der Waals surface area contributed by atoms with E-state index in [2.05, 4.69) is 5.32 Å². The zero-order valence-electron chi connectivity index (χ0n) is 13.5. The maximum absolute atomic E-state index is 12.5. The lowest BCUT2D eigenvalue weighted by Gasteiger charge is -2.36. The van der Waals surface area contributed by atoms with Crippen molar-refractivity contribution in [2.75, 3.05) is 13.6 Å². The number of benzene rings is 1. The number of hydrogen-bond acceptors (Lipinski definition) is 3. The van der Waals surface area contributed by atoms with Crippen molar-refractivity contribution in [2.45, 2.75) is 31.7 Å². The van der Waals surface area contributed by atoms with Crippen molar-refractivity contribution in [3.8, 4) is 0 Å². The second-order valence-electron chi connectivity index (χ2n) is 5.88. The van der Waals surface area contributed by atoms with Crippen LogP contribution in [0.3, 0.4) is 0 Å². The Morgan fingerprint density at radius 1 is 1.29 bits per heavy atom. The molecule has 0 unspecified atom stereocenters. The van der Waals surface area contributed by atoms with Crippen molar-refractivity contribution in [3.05, 3.63) is 34.9 Å². The molecule has 1 aliphatic rings. The zero-order chi connectivity index (χ0) is 17.7. The molecule has 7 heteroatoms. The molecule has 0 bridgehead atoms. The summed E-state index contributed by atoms with van der Waals surface area (Å²) in [4.78, 5) is 37.1. The molecular weight excluding hydrogens is 332 g/mol. The number of carboxylic acid groups (broad SMARTS) is 1. The Kier molecular flexibility index (Phi) is 6.20. The molecule has 0 saturated carbocycles. The van der Waals surface area contributed by atoms with Crippen LogP contribution in [0.2, 0.25) is 5.02 Å². The van der Waals surface area contributed by atoms with E-state index in [1.807, 2.05) is 18.2 Å². The number of aryl methyl sites for hydroxylation is 1. The van der Waals surface area contributed by atoms with Gasteiger partial charge in [-0.05, 0) is 30.9 Å². The monoisotopic (exact) mass is 352 g/mol. The third-order valence-electron chi connectivity index (χ3n) is 4.37. The number of hydrogen-bond donors (Lipinski definition) is 2. The first kappa shape index (κ1) is 18.3. The number of nitrogens with one attached hydrogen (secondary N) is 1. The summed E-state index contributed by atoms with van der Waals surface area (Å²) in [5, 5.41) is 12.5. The normalized spacial score (nSPS) is 20.5. The lowest BCUT2D eigenvalue weighted by atomic mass is 9.91. The molecule has 1 saturated heterocycles. The summed E-state index contributed by atoms with van der Waals surface area (Å²) in [6.45, 7) is 0.137. The largest absolute Gasteiger partial charge is 0.480 e. The summed E-state index contributed by atoms with van der Waals surface area (Å²) in [6, 6.07) is 6.38. The van der Waals surface area contributed by atoms with E-state index in [-0.39, 0.29) is 37.1 Å². The molecule has 1 aromatic rings. The van der Waals surface area contributed by atoms with Crippen molar-refractivity contribution in [1.82, 2.24) is 10.2 Å². The molecule has 2 rings (SSSR count). The van der Waals surface area contributed by atoms with Crippen LogP contribution in [0.15, 0.2) is 24.3 Å². The van der Waals surface area contributed by atoms with Gasteiger partial charge in [0.15, 0.2) is 0 Å². The maximum Gasteiger partial charge on any atom is 0.326 e. The van der Waals surface area contributed by atoms with E-state index in [9.17, 15) is 19.5 Å². The van der Waals surface area contributed by atoms with E-state index >= 15 is 0 Å². The predicted octanol–water partition coefficient (Wildman–Crippen LogP) is 1.71. The number of halogens is 1. The number of carbonyl (C=O) groups excluding carboxylic acids is 2. The minimum absolute atomic E-state index is 0.137. The molecule has 0 aliphatic carbocycles. The molecule has 2 N–H and O–H groups in total. The Morgan fingerprint density at radius 2 is 2.00 bits per heavy atom. The number of amides is 2. The summed E-state index contributed by atoms with van der Waals surface area (Å²) in [7, 11) is 1.54. The average Bonchev–Trinajstić information content (AvgIpc) is 2.59. The molecule has 6 nitrogen and oxygen atoms in total. The van der Waals surface area contributed by atoms with Gasteiger partial charge in [-0.1, -0.05) is 29.8 Å². The minimum Gasteiger partial charge on any atom is -0.480 e. The van der Waals surface area contributed by atoms with Crippen LogP contribution in [0.4, 0.5) is 0 Å². The second-order valence-corrected chi connectivity index (χ2v) is 6.29. The lowest BCUT2D eigenvalue weighted by Crippen LogP contribution is -2.53. The fraction of sp³-hybridized carbons (Fsp3) is 0.471. The van der Waals surface area contributed by atoms with Crippen molar-refractivity contribution in [2.24, 2.45) is 5.92 Å². The van der Waals surface area contributed by atoms with Crippen molar-refractivity contribution >= 4 is 29.4 Å². The topological polar surface area (TPSA) is 86.7 Å². The molecule has 0 radical (unpaired) electrons. The summed E-state index contributed by atoms with van der Waals surface area (Å²) < 4.78 is 0. The van der Waals surface area contributed by atoms with E-state index in [0.29, 0.717) is 17.9 Å². The lowest BCUT2D eigenvalue weighted by molar-refractivity contribution is -0.154. The van der Waals surface area contributed by atoms with Crippen LogP contribution in [0, 0.1) is 5.92 Å². The van der Waals surface area contributed by atoms with Gasteiger partial charge in [-0.25, -0.2) is 4.79 Å². The molecule has 0 aromatic heterocycles. The van der Waals surface area contributed by atoms with Gasteiger partial charge in [0.2, 0.25) is 11.8 Å². The third-order valence-corrected chi connectivity index (χ3v) is 4.74. The highest BCUT2D eigenvalue weighted by molar-refractivity contribution is 6.31. The van der Waals surface area contributed by atoms with Crippen molar-refractivity contribution < 1.29 is 19.5 Å². The van der Waals surface area contributed by atoms with Gasteiger partial charge in [0.25, 0.3) is 0 Å². The van der Waals surface area contributed by atoms with Gasteiger partial charge in [-0.2, -0.15) is 0 Å². The summed E-state index contributed by atoms with van der Waals surface area (Å²) in [6.07, 6.45) is 1.34. The van der Waals surface area contributed by atoms with Gasteiger partial charge < -0.3 is 15.3 Å². The Labute approximate surface area is 145 Å². The fourth-order valence-corrected chi connectivity index (χ4v) is 3.24. The molecule has 130 valence electrons. The van der Waals surface area contributed by atoms with Gasteiger partial charge in [0, 0.05) is 25.0 Å². The first-order valence-corrected chi connectivity index (χ1v) is 8.29. The maximum atomic E-state index is 12.5. The molecule has 2 atom stereocenters. The van der Waals surface area contributed by atoms with E-state index in [4.69, 9.17) is 11.6 Å². The molecule has 24 heavy (non-hydrogen) atoms. The Hall–Kier alpha value is -2.08. The van der Waals surface area contributed by atoms with E-state index in [1.54, 1.807) is 6.07 Å². The average molecular weight is 353 g/mol. The molecule has 1 heterocycles. The molecule has 1 aliphatic heterocycles. The number of carbonyl (C=O) groups is 3. The summed E-state index contributed by atoms with van der Waals surface area (Å²) in [5.74, 6) is -1.83. The second kappa shape index (κ2) is 8.15. The third kappa shape index (κ3) is 4.26. The first-order chi connectivity index (χ1) is 11.4. The highest BCUT2D eigenvalue weighted by Gasteiger charge is 2.37. The molecule has 1 aromatic carbocycles. The van der Waals surface area contributed by atoms with Crippen LogP contribution in [0.25, 0.3) is 0 Å². The number of piperidine rings is 1. The van der Waals surface area contributed by atoms with Crippen LogP contribution in [-0.4, -0.2) is 47.4 Å². The highest BCUT2D eigenvalue weighted by Crippen LogP contribution is 2.24. The van der Waals surface area contributed by atoms with Crippen molar-refractivity contribution in [1.29, 1.82) is 0 Å². The molecule has 2 amide bonds. The first-order valence-electron chi connectivity index (χ1n) is 7.91. The summed E-state index contributed by atoms with van der Waals surface area (Å²) >= 11 is 6.08. The van der Waals surface area contributed by atoms with E-state index in [0.717, 1.165) is 5.56 Å². The van der Waals surface area contributed by atoms with E-state index < -0.39 is 12.0 Å². The van der Waals surface area contributed by atoms with Gasteiger partial charge in [-0.3, -0.25) is 9.59 Å². The number of likely N-dealkylation sites (tertiary alicyclic amines) is 1. The number of carboxylic acids is 1. The molecule has 1 fully saturated rings. The Bertz CT molecular complexity index is 635. The fourth-order valence-electron chi connectivity index (χ4n) is 3.01. The smallest absolute Gasteiger partial charge is 0.326 e. The SMILES string of the molecule is CNC(=O)[C@H]1CC[C@@H](C(=O)O)N(C(=O)CCc2ccccc2Cl)C1. The van der Waals surface area contributed by atoms with Crippen LogP contribution in [0.1, 0.15) is 24.8 Å². The van der Waals surface area contributed by atoms with Crippen LogP contribution in [0.5, 0.6) is 0 Å². The number of aliphatic carboxylic acids is 1. The number of rotatable bonds is 5. The van der Waals surface area contributed by atoms with Gasteiger partial charge in [-0.15, -0.1) is 0 Å². The van der Waals surface area contributed by atoms with Crippen LogP contribution in [-0.2, 0) is 20.8 Å². The zero-order valence-corrected chi connectivity index (χ0v) is 14.3. The van der Waals surface area contributed by atoms with Crippen LogP contribution >= 0.6 is 11.6 Å². The Morgan fingerprint density at radius 3 is 2.62 bits per heavy atom. The predicted molar refractivity (Wildman–Crippen MR) is 89.7 cm³/mol. The summed E-state index contributed by atoms with van der Waals surface area (Å²) in [5.41, 5.74) is 0.847. The standard InChI is InChI=1S/C17H21ClN2O4/c1-19-16(22)12-6-8-14(17(23)24)20(10-12)15(21)9-7-11-4-2-3-5-13(11)18/h2-5,12,14H,6-10H2,1H3,(H,19,22)(H,23,24)/t12-,14-/m0/s1. The van der Waals surface area contributed by atoms with Crippen LogP contribution < -0.4 is 5.32 Å². The van der Waals surface area contributed by atoms with Gasteiger partial charge in [0.1, 0.15) is 6.04 Å². The highest BCUT2D eigenvalue weighted by atomic mass is 35.5. The number of nitrogens with zero attached hydrogens (tertiary/aromatic N) is 1. The Balaban J connectivity index is 2.06. The van der Waals surface area contributed by atoms with Gasteiger partial charge in [0.05, 0.1) is 5.92 Å². The van der Waals surface area contributed by atoms with E-state index in [1.165, 1.54) is 11.9 Å². The molecule has 0 spiro atoms. The minimum atomic E-state index is -1.03. The molecular formula is C17H21ClN2O4. The van der Waals surface area contributed by atoms with Gasteiger partial charge >= 0.3 is 5.97 Å².